The van der Waals surface area contributed by atoms with Crippen molar-refractivity contribution < 1.29 is 32.3 Å². The van der Waals surface area contributed by atoms with Crippen LogP contribution in [0, 0.1) is 0 Å². The number of rotatable bonds is 9. The fourth-order valence-electron chi connectivity index (χ4n) is 4.42. The van der Waals surface area contributed by atoms with Crippen LogP contribution in [-0.4, -0.2) is 85.2 Å². The number of hydrogen-bond acceptors (Lipinski definition) is 5. The molecule has 1 aromatic carbocycles. The zero-order valence-corrected chi connectivity index (χ0v) is 21.6. The van der Waals surface area contributed by atoms with E-state index in [1.807, 2.05) is 11.8 Å². The van der Waals surface area contributed by atoms with Crippen LogP contribution in [0.5, 0.6) is 0 Å². The van der Waals surface area contributed by atoms with Gasteiger partial charge in [0.05, 0.1) is 23.8 Å². The number of urea groups is 2. The molecule has 3 rings (SSSR count). The van der Waals surface area contributed by atoms with Gasteiger partial charge in [0, 0.05) is 51.5 Å². The summed E-state index contributed by atoms with van der Waals surface area (Å²) in [6, 6.07) is 2.70. The Hall–Kier alpha value is -3.54. The van der Waals surface area contributed by atoms with Crippen LogP contribution in [0.2, 0.25) is 0 Å². The molecular formula is C26H34F3N5O4. The number of carbonyl (C=O) groups is 3. The highest BCUT2D eigenvalue weighted by Crippen LogP contribution is 2.35. The molecule has 1 fully saturated rings. The van der Waals surface area contributed by atoms with Crippen molar-refractivity contribution in [3.05, 3.63) is 59.3 Å². The molecule has 1 atom stereocenters. The van der Waals surface area contributed by atoms with E-state index in [1.165, 1.54) is 23.1 Å². The third kappa shape index (κ3) is 6.85. The van der Waals surface area contributed by atoms with Gasteiger partial charge in [0.1, 0.15) is 0 Å². The second-order valence-corrected chi connectivity index (χ2v) is 8.98. The molecule has 0 saturated carbocycles. The van der Waals surface area contributed by atoms with Crippen LogP contribution in [0.4, 0.5) is 22.8 Å². The largest absolute Gasteiger partial charge is 0.463 e. The molecule has 2 aliphatic rings. The first-order valence-corrected chi connectivity index (χ1v) is 12.6. The Morgan fingerprint density at radius 1 is 1.16 bits per heavy atom. The normalized spacial score (nSPS) is 18.8. The lowest BCUT2D eigenvalue weighted by Crippen LogP contribution is -2.55. The predicted molar refractivity (Wildman–Crippen MR) is 135 cm³/mol. The zero-order chi connectivity index (χ0) is 27.9. The molecule has 12 heteroatoms. The number of esters is 1. The molecule has 0 aromatic heterocycles. The van der Waals surface area contributed by atoms with Crippen molar-refractivity contribution in [3.8, 4) is 0 Å². The van der Waals surface area contributed by atoms with E-state index in [4.69, 9.17) is 4.74 Å². The molecule has 0 spiro atoms. The maximum atomic E-state index is 13.2. The first kappa shape index (κ1) is 29.0. The number of nitrogens with one attached hydrogen (secondary N) is 2. The molecular weight excluding hydrogens is 503 g/mol. The summed E-state index contributed by atoms with van der Waals surface area (Å²) < 4.78 is 44.7. The zero-order valence-electron chi connectivity index (χ0n) is 21.6. The average molecular weight is 538 g/mol. The van der Waals surface area contributed by atoms with Gasteiger partial charge in [-0.1, -0.05) is 25.1 Å². The minimum absolute atomic E-state index is 0.0797. The fraction of sp³-hybridized carbons (Fsp3) is 0.500. The molecule has 0 bridgehead atoms. The van der Waals surface area contributed by atoms with E-state index in [0.717, 1.165) is 18.6 Å². The molecule has 4 amide bonds. The monoisotopic (exact) mass is 537 g/mol. The van der Waals surface area contributed by atoms with Crippen LogP contribution in [0.1, 0.15) is 37.4 Å². The topological polar surface area (TPSA) is 94.2 Å². The number of hydrogen-bond donors (Lipinski definition) is 2. The lowest BCUT2D eigenvalue weighted by molar-refractivity contribution is -0.139. The van der Waals surface area contributed by atoms with Crippen molar-refractivity contribution in [1.29, 1.82) is 0 Å². The van der Waals surface area contributed by atoms with Gasteiger partial charge in [-0.15, -0.1) is 6.58 Å². The minimum atomic E-state index is -4.52. The lowest BCUT2D eigenvalue weighted by atomic mass is 9.93. The summed E-state index contributed by atoms with van der Waals surface area (Å²) in [5.41, 5.74) is 0.0269. The Labute approximate surface area is 220 Å². The molecule has 2 N–H and O–H groups in total. The first-order valence-electron chi connectivity index (χ1n) is 12.6. The van der Waals surface area contributed by atoms with Gasteiger partial charge in [-0.2, -0.15) is 13.2 Å². The number of benzene rings is 1. The van der Waals surface area contributed by atoms with E-state index in [9.17, 15) is 27.6 Å². The smallest absolute Gasteiger partial charge is 0.416 e. The SMILES string of the molecule is C=CCN1C(=O)NC(c2ccc(C(F)(F)F)cc2)C(C(=O)OCC)=C1CN1CCN(C(=O)NCCC)CC1. The van der Waals surface area contributed by atoms with Gasteiger partial charge in [-0.05, 0) is 31.0 Å². The number of carbonyl (C=O) groups excluding carboxylic acids is 3. The van der Waals surface area contributed by atoms with Crippen LogP contribution in [-0.2, 0) is 15.7 Å². The molecule has 9 nitrogen and oxygen atoms in total. The van der Waals surface area contributed by atoms with Gasteiger partial charge >= 0.3 is 24.2 Å². The van der Waals surface area contributed by atoms with E-state index in [-0.39, 0.29) is 31.3 Å². The average Bonchev–Trinajstić information content (AvgIpc) is 2.89. The number of alkyl halides is 3. The van der Waals surface area contributed by atoms with Crippen molar-refractivity contribution in [1.82, 2.24) is 25.3 Å². The fourth-order valence-corrected chi connectivity index (χ4v) is 4.42. The summed E-state index contributed by atoms with van der Waals surface area (Å²) in [5.74, 6) is -0.668. The number of nitrogens with zero attached hydrogens (tertiary/aromatic N) is 3. The highest BCUT2D eigenvalue weighted by atomic mass is 19.4. The van der Waals surface area contributed by atoms with Gasteiger partial charge < -0.3 is 20.3 Å². The summed E-state index contributed by atoms with van der Waals surface area (Å²) in [5, 5.41) is 5.60. The van der Waals surface area contributed by atoms with E-state index in [2.05, 4.69) is 17.2 Å². The van der Waals surface area contributed by atoms with Gasteiger partial charge in [-0.3, -0.25) is 9.80 Å². The molecule has 0 radical (unpaired) electrons. The van der Waals surface area contributed by atoms with E-state index < -0.39 is 29.8 Å². The van der Waals surface area contributed by atoms with E-state index in [1.54, 1.807) is 11.8 Å². The number of piperazine rings is 1. The molecule has 2 aliphatic heterocycles. The van der Waals surface area contributed by atoms with Crippen molar-refractivity contribution in [3.63, 3.8) is 0 Å². The van der Waals surface area contributed by atoms with Crippen LogP contribution < -0.4 is 10.6 Å². The highest BCUT2D eigenvalue weighted by molar-refractivity contribution is 5.95. The van der Waals surface area contributed by atoms with Crippen molar-refractivity contribution >= 4 is 18.0 Å². The summed E-state index contributed by atoms with van der Waals surface area (Å²) in [6.07, 6.45) is -2.16. The Balaban J connectivity index is 1.95. The van der Waals surface area contributed by atoms with E-state index in [0.29, 0.717) is 44.0 Å². The second kappa shape index (κ2) is 12.8. The van der Waals surface area contributed by atoms with Crippen molar-refractivity contribution in [2.75, 3.05) is 52.4 Å². The molecule has 1 aromatic rings. The quantitative estimate of drug-likeness (QED) is 0.372. The molecule has 1 saturated heterocycles. The number of ether oxygens (including phenoxy) is 1. The summed E-state index contributed by atoms with van der Waals surface area (Å²) in [7, 11) is 0. The van der Waals surface area contributed by atoms with Gasteiger partial charge in [0.25, 0.3) is 0 Å². The molecule has 208 valence electrons. The van der Waals surface area contributed by atoms with Crippen LogP contribution in [0.25, 0.3) is 0 Å². The van der Waals surface area contributed by atoms with Crippen LogP contribution in [0.15, 0.2) is 48.2 Å². The molecule has 38 heavy (non-hydrogen) atoms. The Kier molecular flexibility index (Phi) is 9.78. The third-order valence-corrected chi connectivity index (χ3v) is 6.38. The van der Waals surface area contributed by atoms with Crippen molar-refractivity contribution in [2.45, 2.75) is 32.5 Å². The molecule has 2 heterocycles. The van der Waals surface area contributed by atoms with Gasteiger partial charge in [-0.25, -0.2) is 14.4 Å². The van der Waals surface area contributed by atoms with Gasteiger partial charge in [0.15, 0.2) is 0 Å². The lowest BCUT2D eigenvalue weighted by Gasteiger charge is -2.40. The number of halogens is 3. The Bertz CT molecular complexity index is 1050. The maximum Gasteiger partial charge on any atom is 0.416 e. The second-order valence-electron chi connectivity index (χ2n) is 8.98. The highest BCUT2D eigenvalue weighted by Gasteiger charge is 2.39. The number of amides is 4. The standard InChI is InChI=1S/C26H34F3N5O4/c1-4-11-30-24(36)33-15-13-32(14-16-33)17-20-21(23(35)38-6-3)22(31-25(37)34(20)12-5-2)18-7-9-19(10-8-18)26(27,28)29/h5,7-10,22H,2,4,6,11-17H2,1,3H3,(H,30,36)(H,31,37). The summed E-state index contributed by atoms with van der Waals surface area (Å²) in [4.78, 5) is 43.8. The molecule has 0 aliphatic carbocycles. The third-order valence-electron chi connectivity index (χ3n) is 6.38. The molecule has 1 unspecified atom stereocenters. The van der Waals surface area contributed by atoms with Crippen LogP contribution in [0.3, 0.4) is 0 Å². The Morgan fingerprint density at radius 3 is 2.37 bits per heavy atom. The summed E-state index contributed by atoms with van der Waals surface area (Å²) >= 11 is 0. The van der Waals surface area contributed by atoms with E-state index >= 15 is 0 Å². The minimum Gasteiger partial charge on any atom is -0.463 e. The van der Waals surface area contributed by atoms with Gasteiger partial charge in [0.2, 0.25) is 0 Å². The van der Waals surface area contributed by atoms with Crippen LogP contribution >= 0.6 is 0 Å². The predicted octanol–water partition coefficient (Wildman–Crippen LogP) is 3.51. The van der Waals surface area contributed by atoms with Crippen molar-refractivity contribution in [2.24, 2.45) is 0 Å². The maximum absolute atomic E-state index is 13.2. The summed E-state index contributed by atoms with van der Waals surface area (Å²) in [6.45, 7) is 10.3. The first-order chi connectivity index (χ1) is 18.1. The Morgan fingerprint density at radius 2 is 1.82 bits per heavy atom.